The van der Waals surface area contributed by atoms with Crippen molar-refractivity contribution >= 4 is 35.2 Å². The molecule has 3 rings (SSSR count). The number of carbonyl (C=O) groups is 5. The van der Waals surface area contributed by atoms with Gasteiger partial charge in [0.15, 0.2) is 12.4 Å². The van der Waals surface area contributed by atoms with E-state index in [9.17, 15) is 24.0 Å². The topological polar surface area (TPSA) is 110 Å². The van der Waals surface area contributed by atoms with E-state index in [0.29, 0.717) is 11.3 Å². The van der Waals surface area contributed by atoms with Crippen molar-refractivity contribution in [1.82, 2.24) is 4.90 Å². The van der Waals surface area contributed by atoms with Crippen molar-refractivity contribution in [2.45, 2.75) is 26.8 Å². The fourth-order valence-electron chi connectivity index (χ4n) is 3.37. The molecule has 3 amide bonds. The number of benzene rings is 2. The van der Waals surface area contributed by atoms with Gasteiger partial charge < -0.3 is 10.1 Å². The Morgan fingerprint density at radius 3 is 2.13 bits per heavy atom. The summed E-state index contributed by atoms with van der Waals surface area (Å²) in [6, 6.07) is 11.5. The first-order valence-electron chi connectivity index (χ1n) is 9.75. The molecular formula is C23H22N2O6. The van der Waals surface area contributed by atoms with Crippen molar-refractivity contribution in [3.8, 4) is 0 Å². The molecule has 2 aromatic carbocycles. The van der Waals surface area contributed by atoms with Crippen LogP contribution < -0.4 is 5.32 Å². The van der Waals surface area contributed by atoms with Gasteiger partial charge in [-0.2, -0.15) is 0 Å². The number of hydrogen-bond donors (Lipinski definition) is 1. The molecule has 0 aromatic heterocycles. The molecule has 31 heavy (non-hydrogen) atoms. The Hall–Kier alpha value is -3.81. The summed E-state index contributed by atoms with van der Waals surface area (Å²) in [5.41, 5.74) is 1.28. The highest BCUT2D eigenvalue weighted by molar-refractivity contribution is 6.22. The highest BCUT2D eigenvalue weighted by Crippen LogP contribution is 2.27. The van der Waals surface area contributed by atoms with Crippen LogP contribution in [0.2, 0.25) is 0 Å². The lowest BCUT2D eigenvalue weighted by atomic mass is 10.0. The maximum Gasteiger partial charge on any atom is 0.330 e. The van der Waals surface area contributed by atoms with Gasteiger partial charge in [-0.15, -0.1) is 0 Å². The van der Waals surface area contributed by atoms with Gasteiger partial charge in [0.25, 0.3) is 17.7 Å². The van der Waals surface area contributed by atoms with Crippen molar-refractivity contribution in [2.24, 2.45) is 5.92 Å². The first-order chi connectivity index (χ1) is 14.7. The Kier molecular flexibility index (Phi) is 6.29. The molecule has 0 unspecified atom stereocenters. The smallest absolute Gasteiger partial charge is 0.330 e. The molecule has 1 atom stereocenters. The molecular weight excluding hydrogens is 400 g/mol. The van der Waals surface area contributed by atoms with Crippen molar-refractivity contribution in [2.75, 3.05) is 11.9 Å². The number of esters is 1. The monoisotopic (exact) mass is 422 g/mol. The standard InChI is InChI=1S/C23H22N2O6/c1-13(2)20(25-21(28)17-9-4-5-10-18(17)22(25)29)23(30)31-12-19(27)24-16-8-6-7-15(11-16)14(3)26/h4-11,13,20H,12H2,1-3H3,(H,24,27)/t20-/m1/s1. The lowest BCUT2D eigenvalue weighted by Crippen LogP contribution is -2.49. The Morgan fingerprint density at radius 2 is 1.58 bits per heavy atom. The number of ketones is 1. The van der Waals surface area contributed by atoms with Crippen molar-refractivity contribution in [3.05, 3.63) is 65.2 Å². The van der Waals surface area contributed by atoms with E-state index in [1.54, 1.807) is 44.2 Å². The van der Waals surface area contributed by atoms with Crippen molar-refractivity contribution in [1.29, 1.82) is 0 Å². The predicted molar refractivity (Wildman–Crippen MR) is 112 cm³/mol. The first kappa shape index (κ1) is 21.9. The molecule has 8 heteroatoms. The first-order valence-corrected chi connectivity index (χ1v) is 9.75. The third kappa shape index (κ3) is 4.53. The average Bonchev–Trinajstić information content (AvgIpc) is 2.98. The zero-order valence-corrected chi connectivity index (χ0v) is 17.4. The van der Waals surface area contributed by atoms with E-state index in [1.807, 2.05) is 0 Å². The Bertz CT molecular complexity index is 1040. The molecule has 160 valence electrons. The Labute approximate surface area is 179 Å². The Balaban J connectivity index is 1.67. The average molecular weight is 422 g/mol. The molecule has 1 aliphatic rings. The van der Waals surface area contributed by atoms with E-state index in [-0.39, 0.29) is 16.9 Å². The normalized spacial score (nSPS) is 13.7. The summed E-state index contributed by atoms with van der Waals surface area (Å²) in [4.78, 5) is 62.7. The minimum Gasteiger partial charge on any atom is -0.454 e. The maximum atomic E-state index is 12.7. The van der Waals surface area contributed by atoms with Gasteiger partial charge in [0, 0.05) is 11.3 Å². The zero-order chi connectivity index (χ0) is 22.7. The van der Waals surface area contributed by atoms with Crippen LogP contribution >= 0.6 is 0 Å². The van der Waals surface area contributed by atoms with Gasteiger partial charge in [0.05, 0.1) is 11.1 Å². The summed E-state index contributed by atoms with van der Waals surface area (Å²) in [5, 5.41) is 2.55. The largest absolute Gasteiger partial charge is 0.454 e. The number of Topliss-reactive ketones (excluding diaryl/α,β-unsaturated/α-hetero) is 1. The molecule has 0 fully saturated rings. The van der Waals surface area contributed by atoms with Crippen LogP contribution in [0.4, 0.5) is 5.69 Å². The molecule has 0 saturated heterocycles. The van der Waals surface area contributed by atoms with Crippen LogP contribution in [0.5, 0.6) is 0 Å². The van der Waals surface area contributed by atoms with Gasteiger partial charge in [0.1, 0.15) is 6.04 Å². The molecule has 8 nitrogen and oxygen atoms in total. The lowest BCUT2D eigenvalue weighted by molar-refractivity contribution is -0.152. The summed E-state index contributed by atoms with van der Waals surface area (Å²) < 4.78 is 5.12. The van der Waals surface area contributed by atoms with E-state index < -0.39 is 42.3 Å². The third-order valence-electron chi connectivity index (χ3n) is 4.87. The van der Waals surface area contributed by atoms with Crippen LogP contribution in [0, 0.1) is 5.92 Å². The molecule has 1 aliphatic heterocycles. The minimum atomic E-state index is -1.17. The SMILES string of the molecule is CC(=O)c1cccc(NC(=O)COC(=O)[C@@H](C(C)C)N2C(=O)c3ccccc3C2=O)c1. The molecule has 0 saturated carbocycles. The number of nitrogens with one attached hydrogen (secondary N) is 1. The molecule has 1 heterocycles. The molecule has 2 aromatic rings. The maximum absolute atomic E-state index is 12.7. The number of nitrogens with zero attached hydrogens (tertiary/aromatic N) is 1. The van der Waals surface area contributed by atoms with Crippen LogP contribution in [0.3, 0.4) is 0 Å². The number of anilines is 1. The summed E-state index contributed by atoms with van der Waals surface area (Å²) in [5.74, 6) is -3.17. The van der Waals surface area contributed by atoms with Gasteiger partial charge in [0.2, 0.25) is 0 Å². The van der Waals surface area contributed by atoms with Gasteiger partial charge in [-0.1, -0.05) is 38.1 Å². The number of rotatable bonds is 7. The van der Waals surface area contributed by atoms with Crippen LogP contribution in [0.15, 0.2) is 48.5 Å². The van der Waals surface area contributed by atoms with Crippen LogP contribution in [-0.2, 0) is 14.3 Å². The number of amides is 3. The second kappa shape index (κ2) is 8.91. The fraction of sp³-hybridized carbons (Fsp3) is 0.261. The van der Waals surface area contributed by atoms with Crippen LogP contribution in [-0.4, -0.2) is 47.0 Å². The fourth-order valence-corrected chi connectivity index (χ4v) is 3.37. The minimum absolute atomic E-state index is 0.150. The number of fused-ring (bicyclic) bond motifs is 1. The van der Waals surface area contributed by atoms with Gasteiger partial charge in [-0.25, -0.2) is 4.79 Å². The molecule has 0 bridgehead atoms. The van der Waals surface area contributed by atoms with Crippen LogP contribution in [0.1, 0.15) is 51.8 Å². The highest BCUT2D eigenvalue weighted by atomic mass is 16.5. The molecule has 0 spiro atoms. The number of hydrogen-bond acceptors (Lipinski definition) is 6. The number of carbonyl (C=O) groups excluding carboxylic acids is 5. The summed E-state index contributed by atoms with van der Waals surface area (Å²) in [7, 11) is 0. The van der Waals surface area contributed by atoms with E-state index in [1.165, 1.54) is 25.1 Å². The molecule has 1 N–H and O–H groups in total. The summed E-state index contributed by atoms with van der Waals surface area (Å²) >= 11 is 0. The van der Waals surface area contributed by atoms with Gasteiger partial charge in [-0.05, 0) is 37.1 Å². The van der Waals surface area contributed by atoms with Crippen LogP contribution in [0.25, 0.3) is 0 Å². The van der Waals surface area contributed by atoms with Crippen molar-refractivity contribution in [3.63, 3.8) is 0 Å². The summed E-state index contributed by atoms with van der Waals surface area (Å²) in [6.45, 7) is 4.18. The summed E-state index contributed by atoms with van der Waals surface area (Å²) in [6.07, 6.45) is 0. The molecule has 0 radical (unpaired) electrons. The van der Waals surface area contributed by atoms with Gasteiger partial charge >= 0.3 is 5.97 Å². The zero-order valence-electron chi connectivity index (χ0n) is 17.4. The van der Waals surface area contributed by atoms with E-state index >= 15 is 0 Å². The second-order valence-electron chi connectivity index (χ2n) is 7.51. The quantitative estimate of drug-likeness (QED) is 0.417. The molecule has 0 aliphatic carbocycles. The van der Waals surface area contributed by atoms with E-state index in [4.69, 9.17) is 4.74 Å². The second-order valence-corrected chi connectivity index (χ2v) is 7.51. The third-order valence-corrected chi connectivity index (χ3v) is 4.87. The van der Waals surface area contributed by atoms with E-state index in [0.717, 1.165) is 4.90 Å². The van der Waals surface area contributed by atoms with E-state index in [2.05, 4.69) is 5.32 Å². The lowest BCUT2D eigenvalue weighted by Gasteiger charge is -2.27. The number of ether oxygens (including phenoxy) is 1. The number of imide groups is 1. The highest BCUT2D eigenvalue weighted by Gasteiger charge is 2.44. The Morgan fingerprint density at radius 1 is 0.968 bits per heavy atom. The van der Waals surface area contributed by atoms with Gasteiger partial charge in [-0.3, -0.25) is 24.1 Å². The predicted octanol–water partition coefficient (Wildman–Crippen LogP) is 2.69. The van der Waals surface area contributed by atoms with Crippen molar-refractivity contribution < 1.29 is 28.7 Å².